The molecule has 1 aliphatic rings. The molecule has 0 spiro atoms. The molecule has 0 bridgehead atoms. The molecule has 1 fully saturated rings. The van der Waals surface area contributed by atoms with E-state index in [1.54, 1.807) is 6.92 Å². The van der Waals surface area contributed by atoms with Gasteiger partial charge in [-0.15, -0.1) is 0 Å². The summed E-state index contributed by atoms with van der Waals surface area (Å²) < 4.78 is 0. The van der Waals surface area contributed by atoms with Crippen LogP contribution in [0.5, 0.6) is 0 Å². The van der Waals surface area contributed by atoms with Gasteiger partial charge in [0, 0.05) is 25.4 Å². The molecule has 9 nitrogen and oxygen atoms in total. The molecule has 2 unspecified atom stereocenters. The van der Waals surface area contributed by atoms with E-state index in [-0.39, 0.29) is 37.7 Å². The number of amides is 1. The third-order valence-corrected chi connectivity index (χ3v) is 3.93. The van der Waals surface area contributed by atoms with Crippen molar-refractivity contribution < 1.29 is 24.7 Å². The van der Waals surface area contributed by atoms with Gasteiger partial charge in [-0.2, -0.15) is 0 Å². The molecular formula is C12H23BN4O5. The predicted octanol–water partition coefficient (Wildman–Crippen LogP) is -1.59. The quantitative estimate of drug-likeness (QED) is 0.196. The van der Waals surface area contributed by atoms with E-state index in [0.29, 0.717) is 12.8 Å². The highest BCUT2D eigenvalue weighted by Crippen LogP contribution is 2.30. The molecule has 7 N–H and O–H groups in total. The average Bonchev–Trinajstić information content (AvgIpc) is 2.77. The van der Waals surface area contributed by atoms with E-state index in [2.05, 4.69) is 5.32 Å². The Morgan fingerprint density at radius 1 is 1.50 bits per heavy atom. The Labute approximate surface area is 129 Å². The molecule has 10 heteroatoms. The first kappa shape index (κ1) is 18.4. The minimum atomic E-state index is -1.52. The number of nitrogens with one attached hydrogen (secondary N) is 2. The standard InChI is InChI=1S/C12H23BN4O5/c1-2-9(18)16-11(14)17-6-8(4-3-5-13(21)22)12(15,7-17)10(19)20/h8,21-22H,2-7,15H2,1H3,(H,19,20)(H2,14,16,18). The number of aliphatic carboxylic acids is 1. The number of rotatable bonds is 6. The first-order chi connectivity index (χ1) is 10.2. The van der Waals surface area contributed by atoms with Gasteiger partial charge in [0.25, 0.3) is 0 Å². The van der Waals surface area contributed by atoms with Crippen LogP contribution in [-0.2, 0) is 9.59 Å². The van der Waals surface area contributed by atoms with E-state index in [1.165, 1.54) is 4.90 Å². The van der Waals surface area contributed by atoms with Gasteiger partial charge in [-0.1, -0.05) is 13.3 Å². The molecule has 1 saturated heterocycles. The fourth-order valence-corrected chi connectivity index (χ4v) is 2.55. The van der Waals surface area contributed by atoms with Crippen molar-refractivity contribution >= 4 is 25.0 Å². The van der Waals surface area contributed by atoms with Crippen LogP contribution in [0.3, 0.4) is 0 Å². The Morgan fingerprint density at radius 2 is 2.14 bits per heavy atom. The van der Waals surface area contributed by atoms with Gasteiger partial charge in [0.05, 0.1) is 0 Å². The Bertz CT molecular complexity index is 447. The maximum atomic E-state index is 11.5. The number of carboxylic acid groups (broad SMARTS) is 1. The van der Waals surface area contributed by atoms with Crippen LogP contribution >= 0.6 is 0 Å². The molecule has 0 aromatic heterocycles. The molecule has 0 aromatic carbocycles. The van der Waals surface area contributed by atoms with E-state index in [1.807, 2.05) is 0 Å². The van der Waals surface area contributed by atoms with Crippen molar-refractivity contribution in [2.24, 2.45) is 11.7 Å². The molecule has 0 aromatic rings. The van der Waals surface area contributed by atoms with E-state index >= 15 is 0 Å². The average molecular weight is 314 g/mol. The fraction of sp³-hybridized carbons (Fsp3) is 0.750. The van der Waals surface area contributed by atoms with Gasteiger partial charge in [0.1, 0.15) is 5.54 Å². The first-order valence-electron chi connectivity index (χ1n) is 7.22. The van der Waals surface area contributed by atoms with Gasteiger partial charge < -0.3 is 25.8 Å². The number of likely N-dealkylation sites (tertiary alicyclic amines) is 1. The van der Waals surface area contributed by atoms with Crippen molar-refractivity contribution in [3.63, 3.8) is 0 Å². The molecule has 1 rings (SSSR count). The number of hydrogen-bond acceptors (Lipinski definition) is 6. The molecule has 1 aliphatic heterocycles. The molecule has 2 atom stereocenters. The maximum absolute atomic E-state index is 11.5. The zero-order valence-electron chi connectivity index (χ0n) is 12.6. The van der Waals surface area contributed by atoms with Gasteiger partial charge in [-0.25, -0.2) is 0 Å². The molecule has 1 amide bonds. The van der Waals surface area contributed by atoms with E-state index in [9.17, 15) is 14.7 Å². The highest BCUT2D eigenvalue weighted by atomic mass is 16.4. The van der Waals surface area contributed by atoms with Crippen molar-refractivity contribution in [2.75, 3.05) is 13.1 Å². The van der Waals surface area contributed by atoms with Crippen LogP contribution in [0.2, 0.25) is 6.32 Å². The highest BCUT2D eigenvalue weighted by molar-refractivity contribution is 6.40. The van der Waals surface area contributed by atoms with Crippen molar-refractivity contribution in [3.8, 4) is 0 Å². The molecule has 0 aliphatic carbocycles. The molecular weight excluding hydrogens is 291 g/mol. The van der Waals surface area contributed by atoms with Crippen LogP contribution < -0.4 is 11.1 Å². The third kappa shape index (κ3) is 4.42. The smallest absolute Gasteiger partial charge is 0.451 e. The minimum absolute atomic E-state index is 0.0719. The fourth-order valence-electron chi connectivity index (χ4n) is 2.55. The van der Waals surface area contributed by atoms with E-state index in [0.717, 1.165) is 0 Å². The van der Waals surface area contributed by atoms with Crippen LogP contribution in [0.4, 0.5) is 0 Å². The monoisotopic (exact) mass is 314 g/mol. The zero-order valence-corrected chi connectivity index (χ0v) is 12.6. The number of guanidine groups is 1. The summed E-state index contributed by atoms with van der Waals surface area (Å²) in [5, 5.41) is 37.3. The summed E-state index contributed by atoms with van der Waals surface area (Å²) in [6.07, 6.45) is 1.17. The van der Waals surface area contributed by atoms with Crippen molar-refractivity contribution in [3.05, 3.63) is 0 Å². The normalized spacial score (nSPS) is 24.2. The summed E-state index contributed by atoms with van der Waals surface area (Å²) in [7, 11) is -1.43. The third-order valence-electron chi connectivity index (χ3n) is 3.93. The van der Waals surface area contributed by atoms with Crippen LogP contribution in [-0.4, -0.2) is 63.6 Å². The number of hydrogen-bond donors (Lipinski definition) is 6. The lowest BCUT2D eigenvalue weighted by molar-refractivity contribution is -0.144. The molecule has 1 heterocycles. The SMILES string of the molecule is CCC(=O)NC(=N)N1CC(CCCB(O)O)C(N)(C(=O)O)C1. The Hall–Kier alpha value is -1.65. The van der Waals surface area contributed by atoms with Gasteiger partial charge in [-0.05, 0) is 12.7 Å². The lowest BCUT2D eigenvalue weighted by atomic mass is 9.78. The van der Waals surface area contributed by atoms with Crippen LogP contribution in [0, 0.1) is 11.3 Å². The lowest BCUT2D eigenvalue weighted by Gasteiger charge is -2.25. The Balaban J connectivity index is 2.72. The minimum Gasteiger partial charge on any atom is -0.480 e. The summed E-state index contributed by atoms with van der Waals surface area (Å²) in [6.45, 7) is 1.81. The second-order valence-corrected chi connectivity index (χ2v) is 5.58. The van der Waals surface area contributed by atoms with E-state index < -0.39 is 24.5 Å². The van der Waals surface area contributed by atoms with Gasteiger partial charge in [0.15, 0.2) is 5.96 Å². The van der Waals surface area contributed by atoms with Crippen LogP contribution in [0.15, 0.2) is 0 Å². The predicted molar refractivity (Wildman–Crippen MR) is 80.0 cm³/mol. The molecule has 0 saturated carbocycles. The van der Waals surface area contributed by atoms with Crippen LogP contribution in [0.25, 0.3) is 0 Å². The van der Waals surface area contributed by atoms with Gasteiger partial charge in [0.2, 0.25) is 5.91 Å². The number of carboxylic acids is 1. The highest BCUT2D eigenvalue weighted by Gasteiger charge is 2.50. The number of carbonyl (C=O) groups excluding carboxylic acids is 1. The second kappa shape index (κ2) is 7.57. The topological polar surface area (TPSA) is 160 Å². The Kier molecular flexibility index (Phi) is 6.33. The summed E-state index contributed by atoms with van der Waals surface area (Å²) in [4.78, 5) is 24.2. The first-order valence-corrected chi connectivity index (χ1v) is 7.22. The van der Waals surface area contributed by atoms with Crippen LogP contribution in [0.1, 0.15) is 26.2 Å². The van der Waals surface area contributed by atoms with Crippen molar-refractivity contribution in [1.29, 1.82) is 5.41 Å². The van der Waals surface area contributed by atoms with Gasteiger partial charge in [-0.3, -0.25) is 20.3 Å². The number of nitrogens with zero attached hydrogens (tertiary/aromatic N) is 1. The van der Waals surface area contributed by atoms with Gasteiger partial charge >= 0.3 is 13.1 Å². The Morgan fingerprint density at radius 3 is 2.64 bits per heavy atom. The number of carbonyl (C=O) groups is 2. The maximum Gasteiger partial charge on any atom is 0.451 e. The summed E-state index contributed by atoms with van der Waals surface area (Å²) >= 11 is 0. The van der Waals surface area contributed by atoms with E-state index in [4.69, 9.17) is 21.2 Å². The zero-order chi connectivity index (χ0) is 16.9. The lowest BCUT2D eigenvalue weighted by Crippen LogP contribution is -2.55. The van der Waals surface area contributed by atoms with Crippen molar-refractivity contribution in [1.82, 2.24) is 10.2 Å². The van der Waals surface area contributed by atoms with Crippen molar-refractivity contribution in [2.45, 2.75) is 38.0 Å². The summed E-state index contributed by atoms with van der Waals surface area (Å²) in [5.74, 6) is -2.09. The molecule has 0 radical (unpaired) electrons. The largest absolute Gasteiger partial charge is 0.480 e. The molecule has 22 heavy (non-hydrogen) atoms. The summed E-state index contributed by atoms with van der Waals surface area (Å²) in [5.41, 5.74) is 4.45. The number of nitrogens with two attached hydrogens (primary N) is 1. The second-order valence-electron chi connectivity index (χ2n) is 5.58. The molecule has 124 valence electrons. The summed E-state index contributed by atoms with van der Waals surface area (Å²) in [6, 6.07) is 0.